The molecule has 0 saturated carbocycles. The van der Waals surface area contributed by atoms with Crippen LogP contribution in [0.25, 0.3) is 0 Å². The molecule has 138 valence electrons. The molecular weight excluding hydrogens is 332 g/mol. The Balaban J connectivity index is 0.000000251. The van der Waals surface area contributed by atoms with Gasteiger partial charge in [-0.25, -0.2) is 0 Å². The Kier molecular flexibility index (Phi) is 6.90. The molecule has 0 radical (unpaired) electrons. The third-order valence-electron chi connectivity index (χ3n) is 4.59. The zero-order chi connectivity index (χ0) is 19.2. The van der Waals surface area contributed by atoms with Crippen LogP contribution in [0, 0.1) is 23.2 Å². The van der Waals surface area contributed by atoms with Crippen molar-refractivity contribution < 1.29 is 39.6 Å². The molecule has 0 saturated heterocycles. The van der Waals surface area contributed by atoms with Crippen LogP contribution in [0.3, 0.4) is 0 Å². The van der Waals surface area contributed by atoms with Crippen LogP contribution in [0.5, 0.6) is 0 Å². The molecule has 0 amide bonds. The largest absolute Gasteiger partial charge is 0.481 e. The van der Waals surface area contributed by atoms with E-state index in [4.69, 9.17) is 20.4 Å². The summed E-state index contributed by atoms with van der Waals surface area (Å²) in [5, 5.41) is 35.0. The molecule has 2 rings (SSSR count). The fraction of sp³-hybridized carbons (Fsp3) is 0.529. The van der Waals surface area contributed by atoms with Crippen molar-refractivity contribution in [3.05, 3.63) is 24.3 Å². The smallest absolute Gasteiger partial charge is 0.314 e. The number of carbonyl (C=O) groups is 4. The number of carboxylic acids is 4. The van der Waals surface area contributed by atoms with E-state index in [0.717, 1.165) is 0 Å². The highest BCUT2D eigenvalue weighted by molar-refractivity contribution is 5.85. The van der Waals surface area contributed by atoms with Crippen LogP contribution in [0.2, 0.25) is 0 Å². The van der Waals surface area contributed by atoms with Gasteiger partial charge in [0.05, 0.1) is 23.2 Å². The van der Waals surface area contributed by atoms with Gasteiger partial charge in [0.15, 0.2) is 0 Å². The molecular formula is C17H22O8. The maximum atomic E-state index is 10.9. The van der Waals surface area contributed by atoms with Crippen molar-refractivity contribution >= 4 is 23.9 Å². The summed E-state index contributed by atoms with van der Waals surface area (Å²) in [6.45, 7) is 1.45. The normalized spacial score (nSPS) is 30.7. The average Bonchev–Trinajstić information content (AvgIpc) is 2.55. The maximum Gasteiger partial charge on any atom is 0.314 e. The van der Waals surface area contributed by atoms with Crippen LogP contribution in [0.1, 0.15) is 32.6 Å². The second kappa shape index (κ2) is 8.46. The first-order chi connectivity index (χ1) is 11.6. The van der Waals surface area contributed by atoms with E-state index in [9.17, 15) is 19.2 Å². The van der Waals surface area contributed by atoms with Gasteiger partial charge in [-0.2, -0.15) is 0 Å². The minimum absolute atomic E-state index is 0.397. The predicted octanol–water partition coefficient (Wildman–Crippen LogP) is 1.87. The number of hydrogen-bond donors (Lipinski definition) is 4. The third-order valence-corrected chi connectivity index (χ3v) is 4.59. The lowest BCUT2D eigenvalue weighted by atomic mass is 9.71. The Morgan fingerprint density at radius 3 is 1.88 bits per heavy atom. The van der Waals surface area contributed by atoms with Crippen molar-refractivity contribution in [3.63, 3.8) is 0 Å². The van der Waals surface area contributed by atoms with Crippen LogP contribution < -0.4 is 0 Å². The summed E-state index contributed by atoms with van der Waals surface area (Å²) in [4.78, 5) is 42.8. The van der Waals surface area contributed by atoms with Gasteiger partial charge in [0, 0.05) is 0 Å². The Labute approximate surface area is 144 Å². The van der Waals surface area contributed by atoms with Crippen molar-refractivity contribution in [2.75, 3.05) is 0 Å². The van der Waals surface area contributed by atoms with Gasteiger partial charge in [0.25, 0.3) is 0 Å². The average molecular weight is 354 g/mol. The molecule has 0 fully saturated rings. The molecule has 0 aromatic rings. The minimum atomic E-state index is -1.25. The lowest BCUT2D eigenvalue weighted by Crippen LogP contribution is -2.40. The molecule has 0 bridgehead atoms. The van der Waals surface area contributed by atoms with Crippen LogP contribution in [0.15, 0.2) is 24.3 Å². The topological polar surface area (TPSA) is 149 Å². The second-order valence-electron chi connectivity index (χ2n) is 6.27. The molecule has 8 nitrogen and oxygen atoms in total. The lowest BCUT2D eigenvalue weighted by molar-refractivity contribution is -0.158. The van der Waals surface area contributed by atoms with E-state index >= 15 is 0 Å². The number of rotatable bonds is 4. The Morgan fingerprint density at radius 1 is 0.880 bits per heavy atom. The van der Waals surface area contributed by atoms with E-state index in [1.807, 2.05) is 0 Å². The summed E-state index contributed by atoms with van der Waals surface area (Å²) in [6.07, 6.45) is 8.51. The van der Waals surface area contributed by atoms with Crippen molar-refractivity contribution in [3.8, 4) is 0 Å². The molecule has 4 N–H and O–H groups in total. The highest BCUT2D eigenvalue weighted by Gasteiger charge is 2.44. The first-order valence-electron chi connectivity index (χ1n) is 7.87. The summed E-state index contributed by atoms with van der Waals surface area (Å²) >= 11 is 0. The molecule has 25 heavy (non-hydrogen) atoms. The van der Waals surface area contributed by atoms with Gasteiger partial charge < -0.3 is 20.4 Å². The van der Waals surface area contributed by atoms with Gasteiger partial charge in [0.2, 0.25) is 0 Å². The fourth-order valence-electron chi connectivity index (χ4n) is 2.97. The summed E-state index contributed by atoms with van der Waals surface area (Å²) < 4.78 is 0. The molecule has 2 aliphatic carbocycles. The lowest BCUT2D eigenvalue weighted by Gasteiger charge is -2.30. The van der Waals surface area contributed by atoms with Crippen molar-refractivity contribution in [1.82, 2.24) is 0 Å². The number of allylic oxidation sites excluding steroid dienone is 2. The number of carboxylic acid groups (broad SMARTS) is 4. The summed E-state index contributed by atoms with van der Waals surface area (Å²) in [5.74, 6) is -6.60. The van der Waals surface area contributed by atoms with Gasteiger partial charge in [-0.1, -0.05) is 24.3 Å². The van der Waals surface area contributed by atoms with E-state index in [1.165, 1.54) is 19.1 Å². The standard InChI is InChI=1S/C9H12O4.C8H10O4/c1-9(8(12)13)5-3-2-4-6(9)7(10)11;9-7(10)5-3-1-2-4-6(5)8(11)12/h3,5-6H,2,4H2,1H3,(H,10,11)(H,12,13);1,3,5-6H,2,4H2,(H,9,10)(H,11,12). The SMILES string of the molecule is CC1(C(=O)O)C=CCCC1C(=O)O.O=C(O)C1C=CCCC1C(=O)O. The van der Waals surface area contributed by atoms with Crippen LogP contribution in [-0.4, -0.2) is 44.3 Å². The summed E-state index contributed by atoms with van der Waals surface area (Å²) in [6, 6.07) is 0. The molecule has 4 unspecified atom stereocenters. The molecule has 0 heterocycles. The van der Waals surface area contributed by atoms with Crippen LogP contribution in [0.4, 0.5) is 0 Å². The second-order valence-corrected chi connectivity index (χ2v) is 6.27. The minimum Gasteiger partial charge on any atom is -0.481 e. The molecule has 0 aromatic heterocycles. The zero-order valence-corrected chi connectivity index (χ0v) is 13.8. The quantitative estimate of drug-likeness (QED) is 0.559. The third kappa shape index (κ3) is 4.91. The Hall–Kier alpha value is -2.64. The van der Waals surface area contributed by atoms with E-state index in [2.05, 4.69) is 0 Å². The van der Waals surface area contributed by atoms with Crippen LogP contribution in [-0.2, 0) is 19.2 Å². The first-order valence-corrected chi connectivity index (χ1v) is 7.87. The Morgan fingerprint density at radius 2 is 1.48 bits per heavy atom. The van der Waals surface area contributed by atoms with Gasteiger partial charge in [-0.3, -0.25) is 19.2 Å². The zero-order valence-electron chi connectivity index (χ0n) is 13.8. The van der Waals surface area contributed by atoms with Gasteiger partial charge in [-0.15, -0.1) is 0 Å². The van der Waals surface area contributed by atoms with Crippen molar-refractivity contribution in [2.45, 2.75) is 32.6 Å². The highest BCUT2D eigenvalue weighted by Crippen LogP contribution is 2.36. The van der Waals surface area contributed by atoms with Crippen LogP contribution >= 0.6 is 0 Å². The van der Waals surface area contributed by atoms with Gasteiger partial charge in [-0.05, 0) is 32.6 Å². The molecule has 0 aromatic carbocycles. The van der Waals surface area contributed by atoms with Gasteiger partial charge >= 0.3 is 23.9 Å². The monoisotopic (exact) mass is 354 g/mol. The highest BCUT2D eigenvalue weighted by atomic mass is 16.4. The van der Waals surface area contributed by atoms with Gasteiger partial charge in [0.1, 0.15) is 0 Å². The van der Waals surface area contributed by atoms with Crippen molar-refractivity contribution in [1.29, 1.82) is 0 Å². The maximum absolute atomic E-state index is 10.9. The van der Waals surface area contributed by atoms with Crippen molar-refractivity contribution in [2.24, 2.45) is 23.2 Å². The summed E-state index contributed by atoms with van der Waals surface area (Å²) in [5.41, 5.74) is -1.25. The molecule has 8 heteroatoms. The first kappa shape index (κ1) is 20.4. The molecule has 4 atom stereocenters. The van der Waals surface area contributed by atoms with E-state index < -0.39 is 47.0 Å². The number of hydrogen-bond acceptors (Lipinski definition) is 4. The van der Waals surface area contributed by atoms with E-state index in [0.29, 0.717) is 25.7 Å². The molecule has 0 spiro atoms. The van der Waals surface area contributed by atoms with E-state index in [1.54, 1.807) is 12.2 Å². The summed E-state index contributed by atoms with van der Waals surface area (Å²) in [7, 11) is 0. The molecule has 2 aliphatic rings. The predicted molar refractivity (Wildman–Crippen MR) is 85.9 cm³/mol. The Bertz CT molecular complexity index is 606. The molecule has 0 aliphatic heterocycles. The van der Waals surface area contributed by atoms with E-state index in [-0.39, 0.29) is 0 Å². The number of aliphatic carboxylic acids is 4. The fourth-order valence-corrected chi connectivity index (χ4v) is 2.97.